The van der Waals surface area contributed by atoms with E-state index in [0.717, 1.165) is 24.8 Å². The normalized spacial score (nSPS) is 13.1. The zero-order chi connectivity index (χ0) is 20.2. The summed E-state index contributed by atoms with van der Waals surface area (Å²) < 4.78 is 4.82. The number of benzene rings is 1. The van der Waals surface area contributed by atoms with Crippen LogP contribution in [0.4, 0.5) is 0 Å². The second kappa shape index (κ2) is 12.3. The van der Waals surface area contributed by atoms with Gasteiger partial charge in [0.15, 0.2) is 0 Å². The van der Waals surface area contributed by atoms with Crippen molar-refractivity contribution in [2.24, 2.45) is 11.8 Å². The quantitative estimate of drug-likeness (QED) is 0.447. The van der Waals surface area contributed by atoms with Crippen molar-refractivity contribution in [3.63, 3.8) is 0 Å². The van der Waals surface area contributed by atoms with E-state index >= 15 is 0 Å². The molecular weight excluding hydrogens is 342 g/mol. The molecule has 0 heterocycles. The predicted octanol–water partition coefficient (Wildman–Crippen LogP) is 3.70. The molecule has 27 heavy (non-hydrogen) atoms. The fourth-order valence-corrected chi connectivity index (χ4v) is 3.20. The molecule has 0 bridgehead atoms. The zero-order valence-electron chi connectivity index (χ0n) is 17.0. The molecule has 1 aromatic rings. The van der Waals surface area contributed by atoms with E-state index in [1.165, 1.54) is 0 Å². The van der Waals surface area contributed by atoms with Crippen LogP contribution in [0.15, 0.2) is 30.3 Å². The summed E-state index contributed by atoms with van der Waals surface area (Å²) in [6, 6.07) is 8.44. The smallest absolute Gasteiger partial charge is 0.376 e. The number of hydrogen-bond donors (Lipinski definition) is 1. The van der Waals surface area contributed by atoms with Crippen molar-refractivity contribution in [2.45, 2.75) is 65.8 Å². The zero-order valence-corrected chi connectivity index (χ0v) is 17.0. The minimum Gasteiger partial charge on any atom is -0.460 e. The van der Waals surface area contributed by atoms with Crippen molar-refractivity contribution >= 4 is 17.7 Å². The summed E-state index contributed by atoms with van der Waals surface area (Å²) in [6.07, 6.45) is 3.47. The molecule has 1 rings (SSSR count). The molecule has 2 atom stereocenters. The Balaban J connectivity index is 2.68. The maximum absolute atomic E-state index is 12.4. The second-order valence-electron chi connectivity index (χ2n) is 7.20. The Morgan fingerprint density at radius 3 is 2.30 bits per heavy atom. The molecule has 1 amide bonds. The predicted molar refractivity (Wildman–Crippen MR) is 106 cm³/mol. The number of Topliss-reactive ketones (excluding diaryl/α,β-unsaturated/α-hetero) is 1. The first-order valence-electron chi connectivity index (χ1n) is 9.93. The van der Waals surface area contributed by atoms with Crippen LogP contribution in [0.3, 0.4) is 0 Å². The molecule has 0 spiro atoms. The van der Waals surface area contributed by atoms with E-state index in [0.29, 0.717) is 18.3 Å². The lowest BCUT2D eigenvalue weighted by atomic mass is 9.88. The van der Waals surface area contributed by atoms with E-state index < -0.39 is 17.8 Å². The van der Waals surface area contributed by atoms with Crippen LogP contribution >= 0.6 is 0 Å². The highest BCUT2D eigenvalue weighted by molar-refractivity contribution is 6.36. The molecule has 0 fully saturated rings. The minimum atomic E-state index is -0.899. The average Bonchev–Trinajstić information content (AvgIpc) is 2.64. The van der Waals surface area contributed by atoms with E-state index in [9.17, 15) is 14.4 Å². The SMILES string of the molecule is CCOC(=O)C(=O)[C@@H](Cc1ccccc1)NC(=O)CCC[C@@H](CC)C(C)C. The van der Waals surface area contributed by atoms with Crippen LogP contribution in [0, 0.1) is 11.8 Å². The fraction of sp³-hybridized carbons (Fsp3) is 0.591. The van der Waals surface area contributed by atoms with Gasteiger partial charge in [0.1, 0.15) is 6.04 Å². The molecule has 5 heteroatoms. The number of hydrogen-bond acceptors (Lipinski definition) is 4. The van der Waals surface area contributed by atoms with Gasteiger partial charge in [0.05, 0.1) is 6.61 Å². The van der Waals surface area contributed by atoms with Crippen molar-refractivity contribution in [1.29, 1.82) is 0 Å². The first kappa shape index (κ1) is 22.9. The Morgan fingerprint density at radius 1 is 1.07 bits per heavy atom. The van der Waals surface area contributed by atoms with Gasteiger partial charge in [0.25, 0.3) is 5.78 Å². The molecule has 0 aromatic heterocycles. The van der Waals surface area contributed by atoms with Gasteiger partial charge in [0, 0.05) is 12.8 Å². The Morgan fingerprint density at radius 2 is 1.74 bits per heavy atom. The fourth-order valence-electron chi connectivity index (χ4n) is 3.20. The van der Waals surface area contributed by atoms with Crippen LogP contribution in [-0.2, 0) is 25.5 Å². The van der Waals surface area contributed by atoms with E-state index in [4.69, 9.17) is 4.74 Å². The van der Waals surface area contributed by atoms with E-state index in [2.05, 4.69) is 26.1 Å². The Labute approximate surface area is 162 Å². The standard InChI is InChI=1S/C22H33NO4/c1-5-18(16(3)4)13-10-14-20(24)23-19(21(25)22(26)27-6-2)15-17-11-8-7-9-12-17/h7-9,11-12,16,18-19H,5-6,10,13-15H2,1-4H3,(H,23,24)/t18-,19-/m1/s1. The lowest BCUT2D eigenvalue weighted by molar-refractivity contribution is -0.154. The van der Waals surface area contributed by atoms with Crippen molar-refractivity contribution in [1.82, 2.24) is 5.32 Å². The summed E-state index contributed by atoms with van der Waals surface area (Å²) in [5, 5.41) is 2.74. The lowest BCUT2D eigenvalue weighted by Crippen LogP contribution is -2.45. The summed E-state index contributed by atoms with van der Waals surface area (Å²) in [7, 11) is 0. The van der Waals surface area contributed by atoms with E-state index in [1.54, 1.807) is 6.92 Å². The number of ketones is 1. The van der Waals surface area contributed by atoms with Crippen LogP contribution in [0.1, 0.15) is 58.9 Å². The van der Waals surface area contributed by atoms with Crippen LogP contribution in [0.5, 0.6) is 0 Å². The monoisotopic (exact) mass is 375 g/mol. The number of esters is 1. The summed E-state index contributed by atoms with van der Waals surface area (Å²) in [5.74, 6) is -0.618. The molecule has 0 radical (unpaired) electrons. The summed E-state index contributed by atoms with van der Waals surface area (Å²) >= 11 is 0. The van der Waals surface area contributed by atoms with Gasteiger partial charge in [-0.15, -0.1) is 0 Å². The van der Waals surface area contributed by atoms with Gasteiger partial charge in [-0.1, -0.05) is 57.5 Å². The van der Waals surface area contributed by atoms with E-state index in [-0.39, 0.29) is 18.9 Å². The summed E-state index contributed by atoms with van der Waals surface area (Å²) in [5.41, 5.74) is 0.881. The third-order valence-electron chi connectivity index (χ3n) is 4.86. The molecule has 0 aliphatic heterocycles. The third kappa shape index (κ3) is 8.37. The molecule has 0 unspecified atom stereocenters. The van der Waals surface area contributed by atoms with E-state index in [1.807, 2.05) is 30.3 Å². The summed E-state index contributed by atoms with van der Waals surface area (Å²) in [4.78, 5) is 36.6. The Hall–Kier alpha value is -2.17. The second-order valence-corrected chi connectivity index (χ2v) is 7.20. The highest BCUT2D eigenvalue weighted by Crippen LogP contribution is 2.21. The third-order valence-corrected chi connectivity index (χ3v) is 4.86. The van der Waals surface area contributed by atoms with Gasteiger partial charge in [0.2, 0.25) is 5.91 Å². The number of ether oxygens (including phenoxy) is 1. The van der Waals surface area contributed by atoms with Gasteiger partial charge in [-0.3, -0.25) is 9.59 Å². The molecular formula is C22H33NO4. The molecule has 0 saturated heterocycles. The van der Waals surface area contributed by atoms with Crippen LogP contribution in [0.2, 0.25) is 0 Å². The number of carbonyl (C=O) groups is 3. The Bertz CT molecular complexity index is 598. The van der Waals surface area contributed by atoms with Crippen LogP contribution in [0.25, 0.3) is 0 Å². The summed E-state index contributed by atoms with van der Waals surface area (Å²) in [6.45, 7) is 8.34. The number of amides is 1. The first-order valence-corrected chi connectivity index (χ1v) is 9.93. The van der Waals surface area contributed by atoms with Crippen LogP contribution in [-0.4, -0.2) is 30.3 Å². The van der Waals surface area contributed by atoms with Crippen molar-refractivity contribution in [2.75, 3.05) is 6.61 Å². The van der Waals surface area contributed by atoms with Gasteiger partial charge >= 0.3 is 5.97 Å². The topological polar surface area (TPSA) is 72.5 Å². The number of rotatable bonds is 12. The lowest BCUT2D eigenvalue weighted by Gasteiger charge is -2.20. The highest BCUT2D eigenvalue weighted by atomic mass is 16.5. The molecule has 1 N–H and O–H groups in total. The molecule has 0 aliphatic rings. The largest absolute Gasteiger partial charge is 0.460 e. The van der Waals surface area contributed by atoms with Crippen molar-refractivity contribution in [3.8, 4) is 0 Å². The highest BCUT2D eigenvalue weighted by Gasteiger charge is 2.28. The van der Waals surface area contributed by atoms with Gasteiger partial charge in [-0.05, 0) is 37.2 Å². The van der Waals surface area contributed by atoms with Gasteiger partial charge in [-0.2, -0.15) is 0 Å². The van der Waals surface area contributed by atoms with Gasteiger partial charge < -0.3 is 10.1 Å². The Kier molecular flexibility index (Phi) is 10.4. The number of carbonyl (C=O) groups excluding carboxylic acids is 3. The van der Waals surface area contributed by atoms with Crippen molar-refractivity contribution < 1.29 is 19.1 Å². The maximum Gasteiger partial charge on any atom is 0.376 e. The number of nitrogens with one attached hydrogen (secondary N) is 1. The first-order chi connectivity index (χ1) is 12.9. The average molecular weight is 376 g/mol. The van der Waals surface area contributed by atoms with Crippen molar-refractivity contribution in [3.05, 3.63) is 35.9 Å². The molecule has 5 nitrogen and oxygen atoms in total. The molecule has 150 valence electrons. The molecule has 0 aliphatic carbocycles. The maximum atomic E-state index is 12.4. The molecule has 0 saturated carbocycles. The minimum absolute atomic E-state index is 0.129. The molecule has 1 aromatic carbocycles. The van der Waals surface area contributed by atoms with Crippen LogP contribution < -0.4 is 5.32 Å². The van der Waals surface area contributed by atoms with Gasteiger partial charge in [-0.25, -0.2) is 4.79 Å².